The number of carbonyl (C=O) groups is 1. The number of nitrogens with zero attached hydrogens (tertiary/aromatic N) is 1. The Bertz CT molecular complexity index is 362. The van der Waals surface area contributed by atoms with E-state index in [1.165, 1.54) is 11.3 Å². The molecule has 1 aromatic heterocycles. The minimum Gasteiger partial charge on any atom is -0.341 e. The lowest BCUT2D eigenvalue weighted by Crippen LogP contribution is -2.30. The number of hydrogen-bond donors (Lipinski definition) is 0. The van der Waals surface area contributed by atoms with Crippen molar-refractivity contribution in [1.29, 1.82) is 0 Å². The summed E-state index contributed by atoms with van der Waals surface area (Å²) < 4.78 is 1.00. The summed E-state index contributed by atoms with van der Waals surface area (Å²) in [6.45, 7) is 4.83. The van der Waals surface area contributed by atoms with Gasteiger partial charge in [-0.25, -0.2) is 0 Å². The number of halogens is 2. The molecule has 1 amide bonds. The zero-order valence-electron chi connectivity index (χ0n) is 8.88. The Hall–Kier alpha value is -0.250. The normalized spacial score (nSPS) is 10.8. The van der Waals surface area contributed by atoms with Crippen molar-refractivity contribution in [2.24, 2.45) is 5.92 Å². The predicted octanol–water partition coefficient (Wildman–Crippen LogP) is 3.78. The van der Waals surface area contributed by atoms with E-state index in [9.17, 15) is 4.79 Å². The third-order valence-electron chi connectivity index (χ3n) is 1.87. The van der Waals surface area contributed by atoms with Crippen molar-refractivity contribution in [3.8, 4) is 0 Å². The van der Waals surface area contributed by atoms with Crippen molar-refractivity contribution in [2.75, 3.05) is 13.6 Å². The van der Waals surface area contributed by atoms with E-state index >= 15 is 0 Å². The smallest absolute Gasteiger partial charge is 0.256 e. The van der Waals surface area contributed by atoms with Crippen LogP contribution in [-0.4, -0.2) is 24.4 Å². The summed E-state index contributed by atoms with van der Waals surface area (Å²) in [5, 5.41) is 0. The van der Waals surface area contributed by atoms with Gasteiger partial charge in [0.2, 0.25) is 0 Å². The van der Waals surface area contributed by atoms with Crippen molar-refractivity contribution >= 4 is 40.4 Å². The average molecular weight is 266 g/mol. The summed E-state index contributed by atoms with van der Waals surface area (Å²) in [7, 11) is 1.77. The molecule has 0 aromatic carbocycles. The van der Waals surface area contributed by atoms with Crippen LogP contribution in [0.3, 0.4) is 0 Å². The predicted molar refractivity (Wildman–Crippen MR) is 66.1 cm³/mol. The third kappa shape index (κ3) is 3.37. The molecule has 0 aliphatic rings. The van der Waals surface area contributed by atoms with Gasteiger partial charge in [0.15, 0.2) is 0 Å². The molecule has 0 unspecified atom stereocenters. The maximum atomic E-state index is 11.9. The van der Waals surface area contributed by atoms with Crippen LogP contribution in [0.5, 0.6) is 0 Å². The van der Waals surface area contributed by atoms with Gasteiger partial charge in [0, 0.05) is 13.6 Å². The largest absolute Gasteiger partial charge is 0.341 e. The van der Waals surface area contributed by atoms with E-state index in [2.05, 4.69) is 13.8 Å². The summed E-state index contributed by atoms with van der Waals surface area (Å²) in [6.07, 6.45) is 0. The van der Waals surface area contributed by atoms with Crippen LogP contribution in [0, 0.1) is 5.92 Å². The first-order chi connectivity index (χ1) is 6.91. The molecular formula is C10H13Cl2NOS. The molecule has 0 fully saturated rings. The second kappa shape index (κ2) is 5.19. The van der Waals surface area contributed by atoms with Gasteiger partial charge in [-0.2, -0.15) is 0 Å². The highest BCUT2D eigenvalue weighted by Crippen LogP contribution is 2.31. The van der Waals surface area contributed by atoms with Crippen LogP contribution in [0.1, 0.15) is 24.2 Å². The SMILES string of the molecule is CC(C)CN(C)C(=O)c1cc(Cl)sc1Cl. The first-order valence-corrected chi connectivity index (χ1v) is 6.19. The number of carbonyl (C=O) groups excluding carboxylic acids is 1. The second-order valence-corrected chi connectivity index (χ2v) is 6.10. The monoisotopic (exact) mass is 265 g/mol. The molecule has 1 rings (SSSR count). The summed E-state index contributed by atoms with van der Waals surface area (Å²) in [5.41, 5.74) is 0.495. The minimum atomic E-state index is -0.0724. The van der Waals surface area contributed by atoms with Gasteiger partial charge in [0.05, 0.1) is 9.90 Å². The van der Waals surface area contributed by atoms with E-state index in [0.717, 1.165) is 0 Å². The Morgan fingerprint density at radius 3 is 2.53 bits per heavy atom. The number of hydrogen-bond acceptors (Lipinski definition) is 2. The first-order valence-electron chi connectivity index (χ1n) is 4.62. The molecule has 0 spiro atoms. The molecule has 0 radical (unpaired) electrons. The molecule has 1 aromatic rings. The molecule has 0 aliphatic carbocycles. The highest BCUT2D eigenvalue weighted by Gasteiger charge is 2.18. The molecule has 1 heterocycles. The Labute approximate surface area is 104 Å². The number of thiophene rings is 1. The highest BCUT2D eigenvalue weighted by molar-refractivity contribution is 7.20. The summed E-state index contributed by atoms with van der Waals surface area (Å²) in [5.74, 6) is 0.365. The maximum Gasteiger partial charge on any atom is 0.256 e. The molecule has 15 heavy (non-hydrogen) atoms. The van der Waals surface area contributed by atoms with Crippen molar-refractivity contribution in [3.63, 3.8) is 0 Å². The van der Waals surface area contributed by atoms with Gasteiger partial charge in [0.1, 0.15) is 4.34 Å². The van der Waals surface area contributed by atoms with Crippen molar-refractivity contribution in [3.05, 3.63) is 20.3 Å². The van der Waals surface area contributed by atoms with Crippen molar-refractivity contribution in [2.45, 2.75) is 13.8 Å². The fourth-order valence-electron chi connectivity index (χ4n) is 1.32. The van der Waals surface area contributed by atoms with Gasteiger partial charge in [-0.1, -0.05) is 37.0 Å². The summed E-state index contributed by atoms with van der Waals surface area (Å²) >= 11 is 12.9. The molecule has 0 N–H and O–H groups in total. The van der Waals surface area contributed by atoms with E-state index < -0.39 is 0 Å². The summed E-state index contributed by atoms with van der Waals surface area (Å²) in [6, 6.07) is 1.62. The van der Waals surface area contributed by atoms with E-state index in [1.54, 1.807) is 18.0 Å². The minimum absolute atomic E-state index is 0.0724. The molecule has 0 bridgehead atoms. The van der Waals surface area contributed by atoms with Gasteiger partial charge in [-0.15, -0.1) is 11.3 Å². The Balaban J connectivity index is 2.80. The van der Waals surface area contributed by atoms with E-state index in [0.29, 0.717) is 26.7 Å². The van der Waals surface area contributed by atoms with Crippen LogP contribution < -0.4 is 0 Å². The zero-order chi connectivity index (χ0) is 11.6. The second-order valence-electron chi connectivity index (χ2n) is 3.82. The lowest BCUT2D eigenvalue weighted by molar-refractivity contribution is 0.0780. The third-order valence-corrected chi connectivity index (χ3v) is 3.36. The fraction of sp³-hybridized carbons (Fsp3) is 0.500. The molecule has 5 heteroatoms. The van der Waals surface area contributed by atoms with Gasteiger partial charge in [0.25, 0.3) is 5.91 Å². The summed E-state index contributed by atoms with van der Waals surface area (Å²) in [4.78, 5) is 13.6. The Morgan fingerprint density at radius 1 is 1.53 bits per heavy atom. The number of rotatable bonds is 3. The molecule has 0 atom stereocenters. The topological polar surface area (TPSA) is 20.3 Å². The number of amides is 1. The Kier molecular flexibility index (Phi) is 4.44. The molecule has 0 saturated heterocycles. The fourth-order valence-corrected chi connectivity index (χ4v) is 2.77. The zero-order valence-corrected chi connectivity index (χ0v) is 11.2. The molecule has 2 nitrogen and oxygen atoms in total. The first kappa shape index (κ1) is 12.8. The van der Waals surface area contributed by atoms with Crippen LogP contribution in [0.4, 0.5) is 0 Å². The van der Waals surface area contributed by atoms with Gasteiger partial charge in [-0.3, -0.25) is 4.79 Å². The van der Waals surface area contributed by atoms with Crippen LogP contribution in [0.15, 0.2) is 6.07 Å². The van der Waals surface area contributed by atoms with E-state index in [1.807, 2.05) is 0 Å². The van der Waals surface area contributed by atoms with Crippen LogP contribution in [0.2, 0.25) is 8.67 Å². The Morgan fingerprint density at radius 2 is 2.13 bits per heavy atom. The van der Waals surface area contributed by atoms with Gasteiger partial charge < -0.3 is 4.90 Å². The van der Waals surface area contributed by atoms with Gasteiger partial charge in [-0.05, 0) is 12.0 Å². The van der Waals surface area contributed by atoms with Gasteiger partial charge >= 0.3 is 0 Å². The lowest BCUT2D eigenvalue weighted by Gasteiger charge is -2.18. The standard InChI is InChI=1S/C10H13Cl2NOS/c1-6(2)5-13(3)10(14)7-4-8(11)15-9(7)12/h4,6H,5H2,1-3H3. The quantitative estimate of drug-likeness (QED) is 0.815. The molecular weight excluding hydrogens is 253 g/mol. The maximum absolute atomic E-state index is 11.9. The van der Waals surface area contributed by atoms with E-state index in [4.69, 9.17) is 23.2 Å². The van der Waals surface area contributed by atoms with Crippen molar-refractivity contribution < 1.29 is 4.79 Å². The van der Waals surface area contributed by atoms with Crippen molar-refractivity contribution in [1.82, 2.24) is 4.90 Å². The van der Waals surface area contributed by atoms with E-state index in [-0.39, 0.29) is 5.91 Å². The average Bonchev–Trinajstić information content (AvgIpc) is 2.42. The molecule has 0 saturated carbocycles. The molecule has 84 valence electrons. The molecule has 0 aliphatic heterocycles. The highest BCUT2D eigenvalue weighted by atomic mass is 35.5. The van der Waals surface area contributed by atoms with Crippen LogP contribution in [-0.2, 0) is 0 Å². The van der Waals surface area contributed by atoms with Crippen LogP contribution >= 0.6 is 34.5 Å². The van der Waals surface area contributed by atoms with Crippen LogP contribution in [0.25, 0.3) is 0 Å². The lowest BCUT2D eigenvalue weighted by atomic mass is 10.2.